The van der Waals surface area contributed by atoms with E-state index in [0.717, 1.165) is 18.4 Å². The number of fused-ring (bicyclic) bond motifs is 1. The van der Waals surface area contributed by atoms with Gasteiger partial charge in [0, 0.05) is 19.0 Å². The summed E-state index contributed by atoms with van der Waals surface area (Å²) in [6.07, 6.45) is 14.7. The van der Waals surface area contributed by atoms with Crippen LogP contribution in [0.1, 0.15) is 19.3 Å². The largest absolute Gasteiger partial charge is 0.316 e. The van der Waals surface area contributed by atoms with E-state index < -0.39 is 0 Å². The minimum Gasteiger partial charge on any atom is -0.316 e. The first-order valence-corrected chi connectivity index (χ1v) is 5.91. The van der Waals surface area contributed by atoms with Gasteiger partial charge >= 0.3 is 0 Å². The summed E-state index contributed by atoms with van der Waals surface area (Å²) >= 11 is 0. The lowest BCUT2D eigenvalue weighted by Gasteiger charge is -2.08. The average molecular weight is 204 g/mol. The lowest BCUT2D eigenvalue weighted by Crippen LogP contribution is -2.05. The van der Waals surface area contributed by atoms with Crippen LogP contribution < -0.4 is 5.32 Å². The summed E-state index contributed by atoms with van der Waals surface area (Å²) in [7, 11) is 1.97. The monoisotopic (exact) mass is 204 g/mol. The van der Waals surface area contributed by atoms with E-state index in [-0.39, 0.29) is 0 Å². The summed E-state index contributed by atoms with van der Waals surface area (Å²) in [5.41, 5.74) is 0. The highest BCUT2D eigenvalue weighted by Crippen LogP contribution is 2.47. The van der Waals surface area contributed by atoms with Gasteiger partial charge in [0.05, 0.1) is 0 Å². The van der Waals surface area contributed by atoms with E-state index in [0.29, 0.717) is 5.92 Å². The normalized spacial score (nSPS) is 33.0. The fourth-order valence-electron chi connectivity index (χ4n) is 2.28. The molecule has 2 aliphatic rings. The van der Waals surface area contributed by atoms with Gasteiger partial charge in [-0.2, -0.15) is 0 Å². The van der Waals surface area contributed by atoms with Crippen molar-refractivity contribution >= 4 is 6.21 Å². The fraction of sp³-hybridized carbons (Fsp3) is 0.615. The van der Waals surface area contributed by atoms with E-state index in [1.165, 1.54) is 19.3 Å². The third-order valence-electron chi connectivity index (χ3n) is 3.29. The first kappa shape index (κ1) is 10.6. The number of nitrogens with one attached hydrogen (secondary N) is 1. The minimum atomic E-state index is 0.712. The molecule has 15 heavy (non-hydrogen) atoms. The Hall–Kier alpha value is -0.890. The molecular weight excluding hydrogens is 184 g/mol. The predicted molar refractivity (Wildman–Crippen MR) is 65.0 cm³/mol. The van der Waals surface area contributed by atoms with Crippen LogP contribution in [0, 0.1) is 17.8 Å². The topological polar surface area (TPSA) is 24.4 Å². The third kappa shape index (κ3) is 3.03. The van der Waals surface area contributed by atoms with Crippen molar-refractivity contribution in [2.45, 2.75) is 19.3 Å². The maximum atomic E-state index is 4.31. The molecule has 3 atom stereocenters. The third-order valence-corrected chi connectivity index (χ3v) is 3.29. The van der Waals surface area contributed by atoms with Crippen molar-refractivity contribution in [1.82, 2.24) is 5.32 Å². The van der Waals surface area contributed by atoms with E-state index in [1.807, 2.05) is 13.2 Å². The van der Waals surface area contributed by atoms with Crippen molar-refractivity contribution in [2.24, 2.45) is 22.7 Å². The van der Waals surface area contributed by atoms with E-state index in [4.69, 9.17) is 0 Å². The SMILES string of the molecule is CNC/C=C\CCC1C=NC=CC2CC12. The second-order valence-electron chi connectivity index (χ2n) is 4.47. The van der Waals surface area contributed by atoms with Gasteiger partial charge in [-0.3, -0.25) is 4.99 Å². The van der Waals surface area contributed by atoms with Crippen molar-refractivity contribution in [3.8, 4) is 0 Å². The van der Waals surface area contributed by atoms with Crippen LogP contribution in [0.3, 0.4) is 0 Å². The number of hydrogen-bond donors (Lipinski definition) is 1. The molecule has 0 amide bonds. The van der Waals surface area contributed by atoms with Gasteiger partial charge < -0.3 is 5.32 Å². The Labute approximate surface area is 92.2 Å². The number of nitrogens with zero attached hydrogens (tertiary/aromatic N) is 1. The van der Waals surface area contributed by atoms with Crippen molar-refractivity contribution in [3.63, 3.8) is 0 Å². The molecule has 0 saturated heterocycles. The second kappa shape index (κ2) is 5.26. The lowest BCUT2D eigenvalue weighted by molar-refractivity contribution is 0.555. The Morgan fingerprint density at radius 3 is 3.27 bits per heavy atom. The Balaban J connectivity index is 1.71. The zero-order valence-electron chi connectivity index (χ0n) is 9.39. The highest BCUT2D eigenvalue weighted by Gasteiger charge is 2.40. The number of allylic oxidation sites excluding steroid dienone is 2. The van der Waals surface area contributed by atoms with Crippen LogP contribution in [0.15, 0.2) is 29.4 Å². The van der Waals surface area contributed by atoms with Gasteiger partial charge in [0.25, 0.3) is 0 Å². The molecule has 82 valence electrons. The van der Waals surface area contributed by atoms with E-state index in [9.17, 15) is 0 Å². The second-order valence-corrected chi connectivity index (χ2v) is 4.47. The molecule has 1 saturated carbocycles. The minimum absolute atomic E-state index is 0.712. The average Bonchev–Trinajstić information content (AvgIpc) is 2.99. The van der Waals surface area contributed by atoms with Crippen LogP contribution in [0.4, 0.5) is 0 Å². The maximum Gasteiger partial charge on any atom is 0.0226 e. The van der Waals surface area contributed by atoms with Crippen LogP contribution in [-0.2, 0) is 0 Å². The van der Waals surface area contributed by atoms with Crippen LogP contribution in [0.25, 0.3) is 0 Å². The molecule has 0 radical (unpaired) electrons. The van der Waals surface area contributed by atoms with Gasteiger partial charge in [0.2, 0.25) is 0 Å². The van der Waals surface area contributed by atoms with Gasteiger partial charge in [0.1, 0.15) is 0 Å². The standard InChI is InChI=1S/C13H20N2/c1-14-7-4-2-3-5-12-10-15-8-6-11-9-13(11)12/h2,4,6,8,10-14H,3,5,7,9H2,1H3/b4-2-. The van der Waals surface area contributed by atoms with E-state index in [2.05, 4.69) is 34.8 Å². The van der Waals surface area contributed by atoms with E-state index in [1.54, 1.807) is 0 Å². The van der Waals surface area contributed by atoms with Crippen molar-refractivity contribution < 1.29 is 0 Å². The fourth-order valence-corrected chi connectivity index (χ4v) is 2.28. The molecule has 1 heterocycles. The van der Waals surface area contributed by atoms with Crippen molar-refractivity contribution in [1.29, 1.82) is 0 Å². The van der Waals surface area contributed by atoms with Crippen LogP contribution >= 0.6 is 0 Å². The summed E-state index contributed by atoms with van der Waals surface area (Å²) in [5, 5.41) is 3.11. The Morgan fingerprint density at radius 1 is 1.47 bits per heavy atom. The van der Waals surface area contributed by atoms with Crippen LogP contribution in [-0.4, -0.2) is 19.8 Å². The summed E-state index contributed by atoms with van der Waals surface area (Å²) in [6.45, 7) is 0.979. The summed E-state index contributed by atoms with van der Waals surface area (Å²) in [5.74, 6) is 2.44. The Kier molecular flexibility index (Phi) is 3.73. The highest BCUT2D eigenvalue weighted by molar-refractivity contribution is 5.63. The predicted octanol–water partition coefficient (Wildman–Crippen LogP) is 2.39. The molecule has 0 aromatic heterocycles. The lowest BCUT2D eigenvalue weighted by atomic mass is 9.98. The Morgan fingerprint density at radius 2 is 2.40 bits per heavy atom. The highest BCUT2D eigenvalue weighted by atomic mass is 14.8. The van der Waals surface area contributed by atoms with Crippen LogP contribution in [0.5, 0.6) is 0 Å². The summed E-state index contributed by atoms with van der Waals surface area (Å²) < 4.78 is 0. The van der Waals surface area contributed by atoms with Gasteiger partial charge in [-0.25, -0.2) is 0 Å². The smallest absolute Gasteiger partial charge is 0.0226 e. The van der Waals surface area contributed by atoms with Gasteiger partial charge in [-0.05, 0) is 44.1 Å². The molecule has 1 fully saturated rings. The zero-order valence-corrected chi connectivity index (χ0v) is 9.39. The summed E-state index contributed by atoms with van der Waals surface area (Å²) in [6, 6.07) is 0. The molecular formula is C13H20N2. The van der Waals surface area contributed by atoms with Gasteiger partial charge in [-0.15, -0.1) is 0 Å². The van der Waals surface area contributed by atoms with Crippen molar-refractivity contribution in [3.05, 3.63) is 24.4 Å². The maximum absolute atomic E-state index is 4.31. The number of hydrogen-bond acceptors (Lipinski definition) is 2. The quantitative estimate of drug-likeness (QED) is 0.683. The van der Waals surface area contributed by atoms with Crippen molar-refractivity contribution in [2.75, 3.05) is 13.6 Å². The van der Waals surface area contributed by atoms with Crippen LogP contribution in [0.2, 0.25) is 0 Å². The molecule has 0 spiro atoms. The number of aliphatic imine (C=N–C) groups is 1. The number of rotatable bonds is 5. The van der Waals surface area contributed by atoms with Gasteiger partial charge in [0.15, 0.2) is 0 Å². The van der Waals surface area contributed by atoms with Gasteiger partial charge in [-0.1, -0.05) is 18.2 Å². The molecule has 0 aromatic rings. The summed E-state index contributed by atoms with van der Waals surface area (Å²) in [4.78, 5) is 4.31. The molecule has 1 aliphatic carbocycles. The Bertz CT molecular complexity index is 278. The van der Waals surface area contributed by atoms with E-state index >= 15 is 0 Å². The first-order chi connectivity index (χ1) is 7.42. The molecule has 2 rings (SSSR count). The molecule has 0 bridgehead atoms. The molecule has 2 nitrogen and oxygen atoms in total. The number of likely N-dealkylation sites (N-methyl/N-ethyl adjacent to an activating group) is 1. The first-order valence-electron chi connectivity index (χ1n) is 5.91. The molecule has 1 aliphatic heterocycles. The molecule has 0 aromatic carbocycles. The molecule has 2 heteroatoms. The molecule has 3 unspecified atom stereocenters. The molecule has 1 N–H and O–H groups in total. The zero-order chi connectivity index (χ0) is 10.5.